The molecule has 1 aromatic carbocycles. The lowest BCUT2D eigenvalue weighted by Crippen LogP contribution is -2.28. The zero-order valence-corrected chi connectivity index (χ0v) is 11.9. The number of nitrogens with two attached hydrogens (primary N) is 1. The third-order valence-electron chi connectivity index (χ3n) is 3.15. The summed E-state index contributed by atoms with van der Waals surface area (Å²) in [4.78, 5) is 24.6. The first-order valence-electron chi connectivity index (χ1n) is 6.29. The van der Waals surface area contributed by atoms with Gasteiger partial charge < -0.3 is 20.5 Å². The number of anilines is 2. The van der Waals surface area contributed by atoms with E-state index < -0.39 is 5.97 Å². The largest absolute Gasteiger partial charge is 0.478 e. The summed E-state index contributed by atoms with van der Waals surface area (Å²) in [5.74, 6) is -1.28. The lowest BCUT2D eigenvalue weighted by atomic mass is 10.1. The number of nitrogen functional groups attached to an aromatic ring is 1. The van der Waals surface area contributed by atoms with E-state index in [4.69, 9.17) is 15.6 Å². The van der Waals surface area contributed by atoms with E-state index in [-0.39, 0.29) is 24.0 Å². The average molecular weight is 280 g/mol. The number of methoxy groups -OCH3 is 1. The van der Waals surface area contributed by atoms with E-state index in [1.807, 2.05) is 6.92 Å². The van der Waals surface area contributed by atoms with Crippen LogP contribution in [-0.4, -0.2) is 37.2 Å². The van der Waals surface area contributed by atoms with Gasteiger partial charge in [0, 0.05) is 26.3 Å². The quantitative estimate of drug-likeness (QED) is 0.774. The Morgan fingerprint density at radius 2 is 2.10 bits per heavy atom. The molecule has 110 valence electrons. The normalized spacial score (nSPS) is 11.9. The van der Waals surface area contributed by atoms with Crippen LogP contribution in [0.3, 0.4) is 0 Å². The highest BCUT2D eigenvalue weighted by molar-refractivity contribution is 6.02. The first-order chi connectivity index (χ1) is 9.36. The van der Waals surface area contributed by atoms with Gasteiger partial charge in [0.05, 0.1) is 17.4 Å². The summed E-state index contributed by atoms with van der Waals surface area (Å²) in [5, 5.41) is 9.16. The molecule has 0 heterocycles. The molecule has 0 aliphatic carbocycles. The van der Waals surface area contributed by atoms with Crippen LogP contribution in [0.1, 0.15) is 30.1 Å². The number of nitrogens with zero attached hydrogens (tertiary/aromatic N) is 1. The summed E-state index contributed by atoms with van der Waals surface area (Å²) in [7, 11) is 3.14. The second-order valence-corrected chi connectivity index (χ2v) is 4.62. The molecule has 1 rings (SSSR count). The average Bonchev–Trinajstić information content (AvgIpc) is 2.43. The molecule has 0 aliphatic rings. The van der Waals surface area contributed by atoms with E-state index >= 15 is 0 Å². The minimum atomic E-state index is -1.11. The van der Waals surface area contributed by atoms with Gasteiger partial charge in [-0.1, -0.05) is 0 Å². The number of amides is 1. The van der Waals surface area contributed by atoms with Crippen molar-refractivity contribution >= 4 is 23.3 Å². The van der Waals surface area contributed by atoms with Crippen molar-refractivity contribution < 1.29 is 19.4 Å². The van der Waals surface area contributed by atoms with E-state index in [9.17, 15) is 9.59 Å². The van der Waals surface area contributed by atoms with Gasteiger partial charge in [0.2, 0.25) is 5.91 Å². The molecule has 1 amide bonds. The maximum Gasteiger partial charge on any atom is 0.337 e. The maximum absolute atomic E-state index is 12.1. The summed E-state index contributed by atoms with van der Waals surface area (Å²) in [6.07, 6.45) is 0.851. The second-order valence-electron chi connectivity index (χ2n) is 4.62. The number of hydrogen-bond acceptors (Lipinski definition) is 4. The number of carboxylic acids is 1. The van der Waals surface area contributed by atoms with Crippen LogP contribution in [0.5, 0.6) is 0 Å². The van der Waals surface area contributed by atoms with Gasteiger partial charge in [0.15, 0.2) is 0 Å². The zero-order valence-electron chi connectivity index (χ0n) is 11.9. The topological polar surface area (TPSA) is 92.9 Å². The highest BCUT2D eigenvalue weighted by atomic mass is 16.5. The molecule has 0 aliphatic heterocycles. The van der Waals surface area contributed by atoms with E-state index in [0.29, 0.717) is 17.8 Å². The molecule has 0 radical (unpaired) electrons. The fourth-order valence-electron chi connectivity index (χ4n) is 1.76. The number of carboxylic acid groups (broad SMARTS) is 1. The molecule has 6 heteroatoms. The standard InChI is InChI=1S/C14H20N2O4/c1-9(20-3)4-7-13(17)16(2)12-6-5-10(15)8-11(12)14(18)19/h5-6,8-9H,4,7,15H2,1-3H3,(H,18,19). The number of rotatable bonds is 6. The van der Waals surface area contributed by atoms with Crippen LogP contribution in [0.4, 0.5) is 11.4 Å². The van der Waals surface area contributed by atoms with Crippen molar-refractivity contribution in [2.24, 2.45) is 0 Å². The van der Waals surface area contributed by atoms with Crippen LogP contribution in [0, 0.1) is 0 Å². The van der Waals surface area contributed by atoms with Crippen molar-refractivity contribution in [3.8, 4) is 0 Å². The van der Waals surface area contributed by atoms with E-state index in [0.717, 1.165) is 0 Å². The summed E-state index contributed by atoms with van der Waals surface area (Å²) < 4.78 is 5.08. The first-order valence-corrected chi connectivity index (χ1v) is 6.29. The van der Waals surface area contributed by atoms with Gasteiger partial charge in [0.25, 0.3) is 0 Å². The zero-order chi connectivity index (χ0) is 15.3. The highest BCUT2D eigenvalue weighted by Gasteiger charge is 2.19. The van der Waals surface area contributed by atoms with Gasteiger partial charge in [0.1, 0.15) is 0 Å². The number of hydrogen-bond donors (Lipinski definition) is 2. The van der Waals surface area contributed by atoms with Crippen LogP contribution in [-0.2, 0) is 9.53 Å². The van der Waals surface area contributed by atoms with Gasteiger partial charge in [-0.2, -0.15) is 0 Å². The number of aromatic carboxylic acids is 1. The Morgan fingerprint density at radius 1 is 1.45 bits per heavy atom. The molecule has 1 atom stereocenters. The Balaban J connectivity index is 2.88. The first kappa shape index (κ1) is 16.0. The Kier molecular flexibility index (Phi) is 5.52. The minimum absolute atomic E-state index is 0.0145. The van der Waals surface area contributed by atoms with Gasteiger partial charge >= 0.3 is 5.97 Å². The second kappa shape index (κ2) is 6.91. The van der Waals surface area contributed by atoms with E-state index in [1.165, 1.54) is 17.0 Å². The summed E-state index contributed by atoms with van der Waals surface area (Å²) in [6, 6.07) is 4.46. The maximum atomic E-state index is 12.1. The molecule has 1 unspecified atom stereocenters. The van der Waals surface area contributed by atoms with Crippen LogP contribution in [0.15, 0.2) is 18.2 Å². The van der Waals surface area contributed by atoms with E-state index in [1.54, 1.807) is 20.2 Å². The molecule has 0 saturated heterocycles. The fraction of sp³-hybridized carbons (Fsp3) is 0.429. The SMILES string of the molecule is COC(C)CCC(=O)N(C)c1ccc(N)cc1C(=O)O. The number of carbonyl (C=O) groups is 2. The molecule has 1 aromatic rings. The van der Waals surface area contributed by atoms with Crippen molar-refractivity contribution in [3.63, 3.8) is 0 Å². The lowest BCUT2D eigenvalue weighted by Gasteiger charge is -2.20. The molecule has 6 nitrogen and oxygen atoms in total. The van der Waals surface area contributed by atoms with Crippen molar-refractivity contribution in [1.82, 2.24) is 0 Å². The van der Waals surface area contributed by atoms with Crippen molar-refractivity contribution in [1.29, 1.82) is 0 Å². The van der Waals surface area contributed by atoms with Crippen LogP contribution < -0.4 is 10.6 Å². The van der Waals surface area contributed by atoms with Crippen molar-refractivity contribution in [2.75, 3.05) is 24.8 Å². The van der Waals surface area contributed by atoms with Gasteiger partial charge in [-0.05, 0) is 31.5 Å². The third kappa shape index (κ3) is 3.96. The molecule has 0 spiro atoms. The lowest BCUT2D eigenvalue weighted by molar-refractivity contribution is -0.118. The predicted octanol–water partition coefficient (Wildman–Crippen LogP) is 1.74. The number of carbonyl (C=O) groups excluding carboxylic acids is 1. The van der Waals surface area contributed by atoms with Crippen LogP contribution >= 0.6 is 0 Å². The smallest absolute Gasteiger partial charge is 0.337 e. The minimum Gasteiger partial charge on any atom is -0.478 e. The van der Waals surface area contributed by atoms with Gasteiger partial charge in [-0.25, -0.2) is 4.79 Å². The predicted molar refractivity (Wildman–Crippen MR) is 76.9 cm³/mol. The van der Waals surface area contributed by atoms with Gasteiger partial charge in [-0.3, -0.25) is 4.79 Å². The molecule has 0 aromatic heterocycles. The summed E-state index contributed by atoms with van der Waals surface area (Å²) in [5.41, 5.74) is 6.27. The van der Waals surface area contributed by atoms with E-state index in [2.05, 4.69) is 0 Å². The molecule has 0 fully saturated rings. The monoisotopic (exact) mass is 280 g/mol. The number of benzene rings is 1. The highest BCUT2D eigenvalue weighted by Crippen LogP contribution is 2.23. The molecular formula is C14H20N2O4. The van der Waals surface area contributed by atoms with Crippen molar-refractivity contribution in [3.05, 3.63) is 23.8 Å². The molecule has 0 bridgehead atoms. The fourth-order valence-corrected chi connectivity index (χ4v) is 1.76. The molecular weight excluding hydrogens is 260 g/mol. The molecule has 3 N–H and O–H groups in total. The number of ether oxygens (including phenoxy) is 1. The Bertz CT molecular complexity index is 502. The van der Waals surface area contributed by atoms with Gasteiger partial charge in [-0.15, -0.1) is 0 Å². The van der Waals surface area contributed by atoms with Crippen molar-refractivity contribution in [2.45, 2.75) is 25.9 Å². The van der Waals surface area contributed by atoms with Crippen LogP contribution in [0.25, 0.3) is 0 Å². The summed E-state index contributed by atoms with van der Waals surface area (Å²) in [6.45, 7) is 1.87. The Morgan fingerprint density at radius 3 is 2.65 bits per heavy atom. The van der Waals surface area contributed by atoms with Crippen LogP contribution in [0.2, 0.25) is 0 Å². The molecule has 0 saturated carbocycles. The Hall–Kier alpha value is -2.08. The molecule has 20 heavy (non-hydrogen) atoms. The third-order valence-corrected chi connectivity index (χ3v) is 3.15. The Labute approximate surface area is 118 Å². The summed E-state index contributed by atoms with van der Waals surface area (Å²) >= 11 is 0.